The molecule has 6 heteroatoms. The van der Waals surface area contributed by atoms with Crippen molar-refractivity contribution in [3.63, 3.8) is 0 Å². The number of anilines is 1. The van der Waals surface area contributed by atoms with Crippen LogP contribution in [-0.4, -0.2) is 65.7 Å². The van der Waals surface area contributed by atoms with Gasteiger partial charge in [0.05, 0.1) is 6.04 Å². The van der Waals surface area contributed by atoms with Crippen LogP contribution in [0.4, 0.5) is 10.5 Å². The van der Waals surface area contributed by atoms with E-state index in [0.29, 0.717) is 24.4 Å². The second-order valence-electron chi connectivity index (χ2n) is 11.0. The molecule has 5 aliphatic rings. The normalized spacial score (nSPS) is 30.0. The number of carbonyl (C=O) groups excluding carboxylic acids is 2. The largest absolute Gasteiger partial charge is 0.444 e. The van der Waals surface area contributed by atoms with Crippen LogP contribution in [0.2, 0.25) is 0 Å². The third-order valence-corrected chi connectivity index (χ3v) is 7.53. The lowest BCUT2D eigenvalue weighted by molar-refractivity contribution is 0.0214. The van der Waals surface area contributed by atoms with Crippen molar-refractivity contribution in [3.05, 3.63) is 29.8 Å². The van der Waals surface area contributed by atoms with Gasteiger partial charge in [0, 0.05) is 43.5 Å². The Labute approximate surface area is 185 Å². The predicted molar refractivity (Wildman–Crippen MR) is 120 cm³/mol. The van der Waals surface area contributed by atoms with Crippen LogP contribution in [0.5, 0.6) is 0 Å². The van der Waals surface area contributed by atoms with Crippen LogP contribution < -0.4 is 4.90 Å². The number of nitrogens with zero attached hydrogens (tertiary/aromatic N) is 3. The molecule has 31 heavy (non-hydrogen) atoms. The highest BCUT2D eigenvalue weighted by Gasteiger charge is 2.46. The van der Waals surface area contributed by atoms with Gasteiger partial charge in [-0.1, -0.05) is 0 Å². The Morgan fingerprint density at radius 2 is 1.48 bits per heavy atom. The summed E-state index contributed by atoms with van der Waals surface area (Å²) in [5, 5.41) is 0. The number of hydrogen-bond acceptors (Lipinski definition) is 4. The maximum absolute atomic E-state index is 13.1. The van der Waals surface area contributed by atoms with E-state index in [1.807, 2.05) is 37.8 Å². The summed E-state index contributed by atoms with van der Waals surface area (Å²) in [6.45, 7) is 9.10. The van der Waals surface area contributed by atoms with Crippen molar-refractivity contribution in [2.24, 2.45) is 11.8 Å². The molecule has 4 saturated heterocycles. The van der Waals surface area contributed by atoms with E-state index in [9.17, 15) is 9.59 Å². The van der Waals surface area contributed by atoms with Crippen molar-refractivity contribution in [2.75, 3.05) is 31.1 Å². The second kappa shape index (κ2) is 7.72. The molecule has 5 fully saturated rings. The molecule has 4 bridgehead atoms. The predicted octanol–water partition coefficient (Wildman–Crippen LogP) is 4.15. The van der Waals surface area contributed by atoms with Gasteiger partial charge in [-0.15, -0.1) is 0 Å². The first-order chi connectivity index (χ1) is 14.8. The van der Waals surface area contributed by atoms with E-state index in [-0.39, 0.29) is 18.0 Å². The summed E-state index contributed by atoms with van der Waals surface area (Å²) in [5.74, 6) is 1.56. The Hall–Kier alpha value is -2.24. The fourth-order valence-electron chi connectivity index (χ4n) is 5.97. The van der Waals surface area contributed by atoms with E-state index < -0.39 is 5.60 Å². The molecule has 168 valence electrons. The molecule has 0 aromatic heterocycles. The number of fused-ring (bicyclic) bond motifs is 6. The van der Waals surface area contributed by atoms with E-state index in [0.717, 1.165) is 37.3 Å². The number of hydrogen-bond donors (Lipinski definition) is 0. The zero-order valence-corrected chi connectivity index (χ0v) is 19.0. The van der Waals surface area contributed by atoms with Gasteiger partial charge in [0.2, 0.25) is 0 Å². The van der Waals surface area contributed by atoms with E-state index >= 15 is 0 Å². The summed E-state index contributed by atoms with van der Waals surface area (Å²) < 4.78 is 5.57. The van der Waals surface area contributed by atoms with Crippen molar-refractivity contribution in [1.29, 1.82) is 0 Å². The topological polar surface area (TPSA) is 53.1 Å². The van der Waals surface area contributed by atoms with Crippen molar-refractivity contribution in [3.8, 4) is 0 Å². The highest BCUT2D eigenvalue weighted by molar-refractivity contribution is 5.94. The molecule has 1 aromatic rings. The van der Waals surface area contributed by atoms with Crippen LogP contribution in [0.25, 0.3) is 0 Å². The lowest BCUT2D eigenvalue weighted by Gasteiger charge is -2.36. The maximum Gasteiger partial charge on any atom is 0.410 e. The van der Waals surface area contributed by atoms with E-state index in [1.165, 1.54) is 25.7 Å². The van der Waals surface area contributed by atoms with Crippen LogP contribution in [-0.2, 0) is 4.74 Å². The molecular formula is C25H35N3O3. The highest BCUT2D eigenvalue weighted by Crippen LogP contribution is 2.36. The van der Waals surface area contributed by atoms with E-state index in [2.05, 4.69) is 21.9 Å². The molecule has 0 unspecified atom stereocenters. The Bertz CT molecular complexity index is 825. The zero-order valence-electron chi connectivity index (χ0n) is 19.0. The average Bonchev–Trinajstić information content (AvgIpc) is 3.21. The van der Waals surface area contributed by atoms with Gasteiger partial charge in [0.15, 0.2) is 0 Å². The van der Waals surface area contributed by atoms with Gasteiger partial charge in [-0.2, -0.15) is 0 Å². The van der Waals surface area contributed by atoms with Gasteiger partial charge in [0.1, 0.15) is 5.60 Å². The molecule has 1 aromatic carbocycles. The van der Waals surface area contributed by atoms with Crippen molar-refractivity contribution in [2.45, 2.75) is 70.6 Å². The molecule has 0 spiro atoms. The highest BCUT2D eigenvalue weighted by atomic mass is 16.6. The van der Waals surface area contributed by atoms with Crippen molar-refractivity contribution < 1.29 is 14.3 Å². The quantitative estimate of drug-likeness (QED) is 0.714. The smallest absolute Gasteiger partial charge is 0.410 e. The molecule has 6 rings (SSSR count). The third kappa shape index (κ3) is 4.13. The van der Waals surface area contributed by atoms with Gasteiger partial charge in [-0.25, -0.2) is 4.79 Å². The number of ether oxygens (including phenoxy) is 1. The summed E-state index contributed by atoms with van der Waals surface area (Å²) in [6.07, 6.45) is 5.91. The molecule has 2 atom stereocenters. The lowest BCUT2D eigenvalue weighted by Crippen LogP contribution is -2.50. The molecule has 6 nitrogen and oxygen atoms in total. The molecular weight excluding hydrogens is 390 g/mol. The number of carbonyl (C=O) groups is 2. The van der Waals surface area contributed by atoms with Gasteiger partial charge < -0.3 is 19.4 Å². The number of amides is 2. The Balaban J connectivity index is 1.22. The standard InChI is InChI=1S/C25H35N3O3/c1-25(2,3)31-24(30)28-16-21-12-22(28)15-27(21)20-10-8-19(9-11-20)23(29)26-13-17-4-5-18(14-26)7-6-17/h8-11,17-18,21-22H,4-7,12-16H2,1-3H3/t17?,18?,21-,22-/m0/s1. The number of rotatable bonds is 2. The number of likely N-dealkylation sites (tertiary alicyclic amines) is 1. The first kappa shape index (κ1) is 20.7. The molecule has 4 heterocycles. The minimum Gasteiger partial charge on any atom is -0.444 e. The van der Waals surface area contributed by atoms with E-state index in [4.69, 9.17) is 4.74 Å². The minimum atomic E-state index is -0.464. The van der Waals surface area contributed by atoms with Crippen molar-refractivity contribution >= 4 is 17.7 Å². The maximum atomic E-state index is 13.1. The van der Waals surface area contributed by atoms with Crippen LogP contribution in [0.1, 0.15) is 63.2 Å². The van der Waals surface area contributed by atoms with Gasteiger partial charge >= 0.3 is 6.09 Å². The van der Waals surface area contributed by atoms with Crippen LogP contribution in [0.3, 0.4) is 0 Å². The Morgan fingerprint density at radius 3 is 2.00 bits per heavy atom. The van der Waals surface area contributed by atoms with Crippen LogP contribution >= 0.6 is 0 Å². The van der Waals surface area contributed by atoms with Gasteiger partial charge in [-0.05, 0) is 89.0 Å². The van der Waals surface area contributed by atoms with Crippen LogP contribution in [0, 0.1) is 11.8 Å². The van der Waals surface area contributed by atoms with E-state index in [1.54, 1.807) is 0 Å². The molecule has 1 saturated carbocycles. The lowest BCUT2D eigenvalue weighted by atomic mass is 9.84. The monoisotopic (exact) mass is 425 g/mol. The number of piperazine rings is 1. The SMILES string of the molecule is CC(C)(C)OC(=O)N1C[C@@H]2C[C@H]1CN2c1ccc(C(=O)N2CC3CCC(CC3)C2)cc1. The van der Waals surface area contributed by atoms with Gasteiger partial charge in [-0.3, -0.25) is 4.79 Å². The summed E-state index contributed by atoms with van der Waals surface area (Å²) >= 11 is 0. The minimum absolute atomic E-state index is 0.185. The summed E-state index contributed by atoms with van der Waals surface area (Å²) in [5.41, 5.74) is 1.47. The molecule has 0 N–H and O–H groups in total. The summed E-state index contributed by atoms with van der Waals surface area (Å²) in [4.78, 5) is 32.0. The Kier molecular flexibility index (Phi) is 5.14. The second-order valence-corrected chi connectivity index (χ2v) is 11.0. The fourth-order valence-corrected chi connectivity index (χ4v) is 5.97. The van der Waals surface area contributed by atoms with Crippen LogP contribution in [0.15, 0.2) is 24.3 Å². The first-order valence-corrected chi connectivity index (χ1v) is 11.9. The molecule has 4 aliphatic heterocycles. The number of benzene rings is 1. The fraction of sp³-hybridized carbons (Fsp3) is 0.680. The summed E-state index contributed by atoms with van der Waals surface area (Å²) in [7, 11) is 0. The molecule has 1 aliphatic carbocycles. The van der Waals surface area contributed by atoms with Crippen molar-refractivity contribution in [1.82, 2.24) is 9.80 Å². The molecule has 0 radical (unpaired) electrons. The third-order valence-electron chi connectivity index (χ3n) is 7.53. The Morgan fingerprint density at radius 1 is 0.871 bits per heavy atom. The molecule has 2 amide bonds. The summed E-state index contributed by atoms with van der Waals surface area (Å²) in [6, 6.07) is 8.66. The first-order valence-electron chi connectivity index (χ1n) is 11.9. The zero-order chi connectivity index (χ0) is 21.8. The van der Waals surface area contributed by atoms with Gasteiger partial charge in [0.25, 0.3) is 5.91 Å². The average molecular weight is 426 g/mol.